The highest BCUT2D eigenvalue weighted by Gasteiger charge is 1.72. The average molecular weight is 132 g/mol. The minimum atomic E-state index is 0.855. The second-order valence-corrected chi connectivity index (χ2v) is 1.90. The third kappa shape index (κ3) is 32.3. The Balaban J connectivity index is 0. The van der Waals surface area contributed by atoms with Crippen LogP contribution in [0.25, 0.3) is 0 Å². The molecule has 0 saturated carbocycles. The standard InChI is InChI=1S/C5H12O.C3H8/c1-3-5-6-4-2;1-3-2/h3-5H2,1-2H3;3H2,1-2H3. The van der Waals surface area contributed by atoms with E-state index in [0.717, 1.165) is 19.6 Å². The first-order chi connectivity index (χ1) is 4.33. The van der Waals surface area contributed by atoms with Gasteiger partial charge in [0.1, 0.15) is 0 Å². The molecule has 0 saturated heterocycles. The normalized spacial score (nSPS) is 8.00. The van der Waals surface area contributed by atoms with Gasteiger partial charge in [0.15, 0.2) is 0 Å². The molecule has 0 aliphatic carbocycles. The molecule has 0 aliphatic rings. The van der Waals surface area contributed by atoms with E-state index in [2.05, 4.69) is 20.8 Å². The van der Waals surface area contributed by atoms with Crippen molar-refractivity contribution in [1.82, 2.24) is 0 Å². The monoisotopic (exact) mass is 132 g/mol. The lowest BCUT2D eigenvalue weighted by Crippen LogP contribution is -1.88. The molecule has 1 heteroatoms. The topological polar surface area (TPSA) is 9.23 Å². The summed E-state index contributed by atoms with van der Waals surface area (Å²) in [4.78, 5) is 0. The molecule has 58 valence electrons. The fourth-order valence-corrected chi connectivity index (χ4v) is 0.289. The van der Waals surface area contributed by atoms with Crippen LogP contribution in [0, 0.1) is 0 Å². The molecule has 0 aromatic rings. The first-order valence-corrected chi connectivity index (χ1v) is 3.91. The fourth-order valence-electron chi connectivity index (χ4n) is 0.289. The van der Waals surface area contributed by atoms with E-state index in [9.17, 15) is 0 Å². The van der Waals surface area contributed by atoms with Crippen LogP contribution >= 0.6 is 0 Å². The van der Waals surface area contributed by atoms with E-state index in [1.165, 1.54) is 6.42 Å². The van der Waals surface area contributed by atoms with Gasteiger partial charge in [-0.2, -0.15) is 0 Å². The van der Waals surface area contributed by atoms with Crippen LogP contribution < -0.4 is 0 Å². The molecule has 9 heavy (non-hydrogen) atoms. The Labute approximate surface area is 59.4 Å². The predicted octanol–water partition coefficient (Wildman–Crippen LogP) is 2.85. The highest BCUT2D eigenvalue weighted by molar-refractivity contribution is 4.19. The zero-order chi connectivity index (χ0) is 7.54. The van der Waals surface area contributed by atoms with Crippen LogP contribution in [0.3, 0.4) is 0 Å². The smallest absolute Gasteiger partial charge is 0.0463 e. The Bertz CT molecular complexity index is 23.7. The Morgan fingerprint density at radius 3 is 1.56 bits per heavy atom. The van der Waals surface area contributed by atoms with Crippen molar-refractivity contribution in [3.05, 3.63) is 0 Å². The molecule has 0 aliphatic heterocycles. The SMILES string of the molecule is CCC.CCCOCC. The van der Waals surface area contributed by atoms with E-state index >= 15 is 0 Å². The van der Waals surface area contributed by atoms with Crippen LogP contribution in [0.4, 0.5) is 0 Å². The molecule has 0 fully saturated rings. The van der Waals surface area contributed by atoms with E-state index in [-0.39, 0.29) is 0 Å². The van der Waals surface area contributed by atoms with Crippen molar-refractivity contribution in [2.75, 3.05) is 13.2 Å². The van der Waals surface area contributed by atoms with Crippen molar-refractivity contribution in [2.45, 2.75) is 40.5 Å². The summed E-state index contributed by atoms with van der Waals surface area (Å²) in [5, 5.41) is 0. The van der Waals surface area contributed by atoms with Crippen LogP contribution in [0.5, 0.6) is 0 Å². The summed E-state index contributed by atoms with van der Waals surface area (Å²) in [6.45, 7) is 10.1. The molecular weight excluding hydrogens is 112 g/mol. The van der Waals surface area contributed by atoms with Crippen molar-refractivity contribution in [2.24, 2.45) is 0 Å². The molecule has 0 amide bonds. The minimum absolute atomic E-state index is 0.855. The third-order valence-electron chi connectivity index (χ3n) is 0.553. The molecule has 0 rings (SSSR count). The molecule has 0 aromatic carbocycles. The van der Waals surface area contributed by atoms with Crippen LogP contribution in [-0.4, -0.2) is 13.2 Å². The van der Waals surface area contributed by atoms with Gasteiger partial charge in [-0.15, -0.1) is 0 Å². The van der Waals surface area contributed by atoms with Gasteiger partial charge in [-0.3, -0.25) is 0 Å². The predicted molar refractivity (Wildman–Crippen MR) is 42.7 cm³/mol. The number of hydrogen-bond donors (Lipinski definition) is 0. The van der Waals surface area contributed by atoms with E-state index < -0.39 is 0 Å². The maximum atomic E-state index is 4.98. The zero-order valence-corrected chi connectivity index (χ0v) is 7.24. The fraction of sp³-hybridized carbons (Fsp3) is 1.00. The van der Waals surface area contributed by atoms with Gasteiger partial charge in [-0.05, 0) is 13.3 Å². The highest BCUT2D eigenvalue weighted by Crippen LogP contribution is 1.75. The average Bonchev–Trinajstić information content (AvgIpc) is 1.86. The van der Waals surface area contributed by atoms with Gasteiger partial charge in [0.05, 0.1) is 0 Å². The van der Waals surface area contributed by atoms with E-state index in [1.54, 1.807) is 0 Å². The summed E-state index contributed by atoms with van der Waals surface area (Å²) >= 11 is 0. The summed E-state index contributed by atoms with van der Waals surface area (Å²) in [6, 6.07) is 0. The Hall–Kier alpha value is -0.0400. The van der Waals surface area contributed by atoms with Gasteiger partial charge in [0.25, 0.3) is 0 Å². The van der Waals surface area contributed by atoms with Gasteiger partial charge < -0.3 is 4.74 Å². The minimum Gasteiger partial charge on any atom is -0.382 e. The number of hydrogen-bond acceptors (Lipinski definition) is 1. The van der Waals surface area contributed by atoms with Gasteiger partial charge in [-0.1, -0.05) is 27.2 Å². The Kier molecular flexibility index (Phi) is 20.4. The van der Waals surface area contributed by atoms with Crippen LogP contribution in [0.15, 0.2) is 0 Å². The first-order valence-electron chi connectivity index (χ1n) is 3.91. The maximum absolute atomic E-state index is 4.98. The molecule has 0 atom stereocenters. The van der Waals surface area contributed by atoms with E-state index in [0.29, 0.717) is 0 Å². The molecule has 0 spiro atoms. The van der Waals surface area contributed by atoms with Gasteiger partial charge in [0, 0.05) is 13.2 Å². The molecule has 1 nitrogen and oxygen atoms in total. The lowest BCUT2D eigenvalue weighted by Gasteiger charge is -1.91. The second kappa shape index (κ2) is 15.7. The summed E-state index contributed by atoms with van der Waals surface area (Å²) in [5.74, 6) is 0. The lowest BCUT2D eigenvalue weighted by atomic mass is 10.5. The van der Waals surface area contributed by atoms with Crippen molar-refractivity contribution in [1.29, 1.82) is 0 Å². The number of ether oxygens (including phenoxy) is 1. The quantitative estimate of drug-likeness (QED) is 0.536. The molecule has 0 N–H and O–H groups in total. The lowest BCUT2D eigenvalue weighted by molar-refractivity contribution is 0.148. The molecule has 0 bridgehead atoms. The second-order valence-electron chi connectivity index (χ2n) is 1.90. The largest absolute Gasteiger partial charge is 0.382 e. The van der Waals surface area contributed by atoms with Crippen LogP contribution in [0.2, 0.25) is 0 Å². The van der Waals surface area contributed by atoms with Crippen molar-refractivity contribution in [3.63, 3.8) is 0 Å². The van der Waals surface area contributed by atoms with Crippen molar-refractivity contribution in [3.8, 4) is 0 Å². The maximum Gasteiger partial charge on any atom is 0.0463 e. The Morgan fingerprint density at radius 2 is 1.44 bits per heavy atom. The first kappa shape index (κ1) is 11.7. The molecule has 0 aromatic heterocycles. The summed E-state index contributed by atoms with van der Waals surface area (Å²) in [7, 11) is 0. The van der Waals surface area contributed by atoms with Gasteiger partial charge >= 0.3 is 0 Å². The van der Waals surface area contributed by atoms with Crippen molar-refractivity contribution >= 4 is 0 Å². The van der Waals surface area contributed by atoms with E-state index in [4.69, 9.17) is 4.74 Å². The number of rotatable bonds is 3. The van der Waals surface area contributed by atoms with E-state index in [1.807, 2.05) is 6.92 Å². The summed E-state index contributed by atoms with van der Waals surface area (Å²) in [6.07, 6.45) is 2.38. The van der Waals surface area contributed by atoms with Crippen LogP contribution in [0.1, 0.15) is 40.5 Å². The third-order valence-corrected chi connectivity index (χ3v) is 0.553. The highest BCUT2D eigenvalue weighted by atomic mass is 16.5. The van der Waals surface area contributed by atoms with Gasteiger partial charge in [0.2, 0.25) is 0 Å². The van der Waals surface area contributed by atoms with Gasteiger partial charge in [-0.25, -0.2) is 0 Å². The summed E-state index contributed by atoms with van der Waals surface area (Å²) in [5.41, 5.74) is 0. The molecular formula is C8H20O. The zero-order valence-electron chi connectivity index (χ0n) is 7.24. The Morgan fingerprint density at radius 1 is 1.00 bits per heavy atom. The summed E-state index contributed by atoms with van der Waals surface area (Å²) < 4.78 is 4.98. The molecule has 0 unspecified atom stereocenters. The molecule has 0 heterocycles. The molecule has 0 radical (unpaired) electrons. The van der Waals surface area contributed by atoms with Crippen molar-refractivity contribution < 1.29 is 4.74 Å². The van der Waals surface area contributed by atoms with Crippen LogP contribution in [-0.2, 0) is 4.74 Å².